The molecule has 1 N–H and O–H groups in total. The van der Waals surface area contributed by atoms with Crippen molar-refractivity contribution in [3.05, 3.63) is 86.0 Å². The first kappa shape index (κ1) is 21.3. The molecule has 0 bridgehead atoms. The Morgan fingerprint density at radius 1 is 1.19 bits per heavy atom. The van der Waals surface area contributed by atoms with Crippen LogP contribution in [0.4, 0.5) is 5.69 Å². The second-order valence-electron chi connectivity index (χ2n) is 7.17. The molecule has 4 rings (SSSR count). The fourth-order valence-corrected chi connectivity index (χ4v) is 3.89. The van der Waals surface area contributed by atoms with Crippen molar-refractivity contribution in [2.75, 3.05) is 6.54 Å². The molecule has 1 amide bonds. The maximum Gasteiger partial charge on any atom is 0.273 e. The molecule has 0 aliphatic heterocycles. The van der Waals surface area contributed by atoms with Crippen LogP contribution in [0.3, 0.4) is 0 Å². The van der Waals surface area contributed by atoms with Gasteiger partial charge in [-0.15, -0.1) is 16.4 Å². The molecule has 0 fully saturated rings. The van der Waals surface area contributed by atoms with Crippen molar-refractivity contribution < 1.29 is 9.72 Å². The van der Waals surface area contributed by atoms with Crippen LogP contribution >= 0.6 is 11.3 Å². The van der Waals surface area contributed by atoms with Crippen LogP contribution < -0.4 is 5.32 Å². The topological polar surface area (TPSA) is 116 Å². The van der Waals surface area contributed by atoms with Gasteiger partial charge in [0.2, 0.25) is 0 Å². The molecule has 0 aliphatic carbocycles. The number of nitrogens with zero attached hydrogens (tertiary/aromatic N) is 5. The van der Waals surface area contributed by atoms with E-state index in [4.69, 9.17) is 0 Å². The van der Waals surface area contributed by atoms with Crippen LogP contribution in [0, 0.1) is 24.0 Å². The van der Waals surface area contributed by atoms with Gasteiger partial charge >= 0.3 is 0 Å². The molecule has 4 aromatic rings. The number of benzene rings is 2. The predicted molar refractivity (Wildman–Crippen MR) is 121 cm³/mol. The van der Waals surface area contributed by atoms with Gasteiger partial charge in [0.25, 0.3) is 11.6 Å². The minimum Gasteiger partial charge on any atom is -0.350 e. The van der Waals surface area contributed by atoms with Gasteiger partial charge in [0.15, 0.2) is 5.69 Å². The number of non-ortho nitro benzene ring substituents is 1. The van der Waals surface area contributed by atoms with Crippen LogP contribution in [0.25, 0.3) is 16.9 Å². The lowest BCUT2D eigenvalue weighted by molar-refractivity contribution is -0.384. The maximum absolute atomic E-state index is 12.6. The summed E-state index contributed by atoms with van der Waals surface area (Å²) >= 11 is 1.62. The minimum absolute atomic E-state index is 0.0562. The SMILES string of the molecule is Cc1nc(-c2ccc(CCNC(=O)c3nnn(-c4cccc([N+](=O)[O-])c4)c3C)cc2)cs1. The van der Waals surface area contributed by atoms with Crippen molar-refractivity contribution in [3.63, 3.8) is 0 Å². The molecule has 9 nitrogen and oxygen atoms in total. The fourth-order valence-electron chi connectivity index (χ4n) is 3.26. The molecule has 2 heterocycles. The average Bonchev–Trinajstić information content (AvgIpc) is 3.40. The van der Waals surface area contributed by atoms with E-state index in [0.29, 0.717) is 24.3 Å². The first-order chi connectivity index (χ1) is 15.4. The highest BCUT2D eigenvalue weighted by Gasteiger charge is 2.18. The van der Waals surface area contributed by atoms with Gasteiger partial charge in [0.05, 0.1) is 27.0 Å². The van der Waals surface area contributed by atoms with Crippen molar-refractivity contribution >= 4 is 22.9 Å². The number of nitro benzene ring substituents is 1. The summed E-state index contributed by atoms with van der Waals surface area (Å²) in [5.41, 5.74) is 4.23. The van der Waals surface area contributed by atoms with E-state index in [2.05, 4.69) is 20.6 Å². The molecular formula is C22H20N6O3S. The maximum atomic E-state index is 12.6. The zero-order chi connectivity index (χ0) is 22.7. The highest BCUT2D eigenvalue weighted by atomic mass is 32.1. The summed E-state index contributed by atoms with van der Waals surface area (Å²) in [4.78, 5) is 27.6. The van der Waals surface area contributed by atoms with Crippen LogP contribution in [-0.2, 0) is 6.42 Å². The van der Waals surface area contributed by atoms with Gasteiger partial charge in [-0.3, -0.25) is 14.9 Å². The molecule has 162 valence electrons. The summed E-state index contributed by atoms with van der Waals surface area (Å²) in [6, 6.07) is 14.1. The molecule has 0 unspecified atom stereocenters. The summed E-state index contributed by atoms with van der Waals surface area (Å²) in [5.74, 6) is -0.339. The number of hydrogen-bond acceptors (Lipinski definition) is 7. The van der Waals surface area contributed by atoms with Crippen LogP contribution in [0.15, 0.2) is 53.9 Å². The molecule has 0 radical (unpaired) electrons. The molecule has 0 saturated carbocycles. The van der Waals surface area contributed by atoms with Gasteiger partial charge in [-0.1, -0.05) is 35.5 Å². The van der Waals surface area contributed by atoms with Crippen LogP contribution in [0.5, 0.6) is 0 Å². The van der Waals surface area contributed by atoms with E-state index in [-0.39, 0.29) is 17.3 Å². The number of aryl methyl sites for hydroxylation is 1. The van der Waals surface area contributed by atoms with E-state index in [1.165, 1.54) is 16.8 Å². The van der Waals surface area contributed by atoms with E-state index in [0.717, 1.165) is 21.8 Å². The van der Waals surface area contributed by atoms with Crippen LogP contribution in [0.2, 0.25) is 0 Å². The lowest BCUT2D eigenvalue weighted by atomic mass is 10.1. The first-order valence-corrected chi connectivity index (χ1v) is 10.8. The minimum atomic E-state index is -0.478. The van der Waals surface area contributed by atoms with Crippen molar-refractivity contribution in [2.45, 2.75) is 20.3 Å². The molecule has 0 aliphatic rings. The zero-order valence-corrected chi connectivity index (χ0v) is 18.3. The van der Waals surface area contributed by atoms with Gasteiger partial charge in [-0.05, 0) is 31.9 Å². The molecule has 0 atom stereocenters. The number of thiazole rings is 1. The highest BCUT2D eigenvalue weighted by molar-refractivity contribution is 7.09. The number of amides is 1. The Kier molecular flexibility index (Phi) is 6.04. The fraction of sp³-hybridized carbons (Fsp3) is 0.182. The Balaban J connectivity index is 1.38. The number of carbonyl (C=O) groups excluding carboxylic acids is 1. The van der Waals surface area contributed by atoms with E-state index < -0.39 is 4.92 Å². The van der Waals surface area contributed by atoms with Gasteiger partial charge in [0, 0.05) is 29.6 Å². The van der Waals surface area contributed by atoms with Crippen LogP contribution in [0.1, 0.15) is 26.8 Å². The van der Waals surface area contributed by atoms with E-state index in [1.807, 2.05) is 36.6 Å². The number of hydrogen-bond donors (Lipinski definition) is 1. The second kappa shape index (κ2) is 9.06. The number of nitrogens with one attached hydrogen (secondary N) is 1. The molecule has 2 aromatic carbocycles. The van der Waals surface area contributed by atoms with Gasteiger partial charge < -0.3 is 5.32 Å². The Bertz CT molecular complexity index is 1280. The van der Waals surface area contributed by atoms with E-state index in [1.54, 1.807) is 30.4 Å². The second-order valence-corrected chi connectivity index (χ2v) is 8.23. The number of aromatic nitrogens is 4. The predicted octanol–water partition coefficient (Wildman–Crippen LogP) is 3.89. The molecular weight excluding hydrogens is 428 g/mol. The number of nitro groups is 1. The number of carbonyl (C=O) groups is 1. The molecule has 2 aromatic heterocycles. The zero-order valence-electron chi connectivity index (χ0n) is 17.5. The summed E-state index contributed by atoms with van der Waals surface area (Å²) in [7, 11) is 0. The standard InChI is InChI=1S/C22H20N6O3S/c1-14-21(25-26-27(14)18-4-3-5-19(12-18)28(30)31)22(29)23-11-10-16-6-8-17(9-7-16)20-13-32-15(2)24-20/h3-9,12-13H,10-11H2,1-2H3,(H,23,29). The van der Waals surface area contributed by atoms with Crippen molar-refractivity contribution in [1.29, 1.82) is 0 Å². The largest absolute Gasteiger partial charge is 0.350 e. The smallest absolute Gasteiger partial charge is 0.273 e. The van der Waals surface area contributed by atoms with Crippen molar-refractivity contribution in [3.8, 4) is 16.9 Å². The monoisotopic (exact) mass is 448 g/mol. The lowest BCUT2D eigenvalue weighted by Gasteiger charge is -2.06. The average molecular weight is 449 g/mol. The Morgan fingerprint density at radius 2 is 1.97 bits per heavy atom. The number of rotatable bonds is 7. The third-order valence-corrected chi connectivity index (χ3v) is 5.74. The third kappa shape index (κ3) is 4.54. The Morgan fingerprint density at radius 3 is 2.66 bits per heavy atom. The summed E-state index contributed by atoms with van der Waals surface area (Å²) in [6.07, 6.45) is 0.667. The molecule has 0 saturated heterocycles. The quantitative estimate of drug-likeness (QED) is 0.339. The highest BCUT2D eigenvalue weighted by Crippen LogP contribution is 2.22. The van der Waals surface area contributed by atoms with E-state index in [9.17, 15) is 14.9 Å². The Labute approximate surface area is 187 Å². The van der Waals surface area contributed by atoms with Crippen molar-refractivity contribution in [2.24, 2.45) is 0 Å². The van der Waals surface area contributed by atoms with Gasteiger partial charge in [-0.25, -0.2) is 9.67 Å². The molecule has 32 heavy (non-hydrogen) atoms. The molecule has 0 spiro atoms. The van der Waals surface area contributed by atoms with Crippen molar-refractivity contribution in [1.82, 2.24) is 25.3 Å². The normalized spacial score (nSPS) is 10.8. The van der Waals surface area contributed by atoms with E-state index >= 15 is 0 Å². The summed E-state index contributed by atoms with van der Waals surface area (Å²) in [6.45, 7) is 4.12. The van der Waals surface area contributed by atoms with Crippen LogP contribution in [-0.4, -0.2) is 37.4 Å². The van der Waals surface area contributed by atoms with Gasteiger partial charge in [-0.2, -0.15) is 0 Å². The third-order valence-electron chi connectivity index (χ3n) is 4.96. The summed E-state index contributed by atoms with van der Waals surface area (Å²) in [5, 5.41) is 24.9. The lowest BCUT2D eigenvalue weighted by Crippen LogP contribution is -2.26. The Hall–Kier alpha value is -3.92. The first-order valence-electron chi connectivity index (χ1n) is 9.89. The summed E-state index contributed by atoms with van der Waals surface area (Å²) < 4.78 is 1.42. The van der Waals surface area contributed by atoms with Gasteiger partial charge in [0.1, 0.15) is 0 Å². The molecule has 10 heteroatoms.